The van der Waals surface area contributed by atoms with Gasteiger partial charge in [0.2, 0.25) is 0 Å². The molecule has 0 aromatic carbocycles. The van der Waals surface area contributed by atoms with Crippen molar-refractivity contribution in [3.63, 3.8) is 0 Å². The van der Waals surface area contributed by atoms with E-state index in [1.807, 2.05) is 20.8 Å². The van der Waals surface area contributed by atoms with E-state index in [1.165, 1.54) is 0 Å². The first-order valence-corrected chi connectivity index (χ1v) is 6.71. The number of carboxylic acid groups (broad SMARTS) is 1. The summed E-state index contributed by atoms with van der Waals surface area (Å²) < 4.78 is 0. The van der Waals surface area contributed by atoms with Crippen LogP contribution in [0.4, 0.5) is 4.79 Å². The van der Waals surface area contributed by atoms with Gasteiger partial charge in [-0.05, 0) is 38.5 Å². The number of carboxylic acids is 1. The van der Waals surface area contributed by atoms with E-state index < -0.39 is 12.0 Å². The topological polar surface area (TPSA) is 69.6 Å². The summed E-state index contributed by atoms with van der Waals surface area (Å²) in [5.74, 6) is -0.716. The summed E-state index contributed by atoms with van der Waals surface area (Å²) in [6, 6.07) is -0.825. The fraction of sp³-hybridized carbons (Fsp3) is 0.846. The minimum atomic E-state index is -0.957. The summed E-state index contributed by atoms with van der Waals surface area (Å²) in [6.07, 6.45) is 3.59. The lowest BCUT2D eigenvalue weighted by atomic mass is 10.0. The molecule has 2 N–H and O–H groups in total. The van der Waals surface area contributed by atoms with E-state index in [2.05, 4.69) is 5.32 Å². The van der Waals surface area contributed by atoms with Crippen molar-refractivity contribution < 1.29 is 14.7 Å². The Morgan fingerprint density at radius 3 is 2.56 bits per heavy atom. The highest BCUT2D eigenvalue weighted by atomic mass is 16.4. The van der Waals surface area contributed by atoms with Gasteiger partial charge in [-0.25, -0.2) is 9.59 Å². The number of urea groups is 1. The fourth-order valence-electron chi connectivity index (χ4n) is 2.32. The van der Waals surface area contributed by atoms with Gasteiger partial charge in [0.15, 0.2) is 0 Å². The van der Waals surface area contributed by atoms with Gasteiger partial charge in [-0.2, -0.15) is 0 Å². The van der Waals surface area contributed by atoms with Crippen LogP contribution in [0.3, 0.4) is 0 Å². The van der Waals surface area contributed by atoms with Crippen LogP contribution >= 0.6 is 0 Å². The third-order valence-corrected chi connectivity index (χ3v) is 3.37. The number of rotatable bonds is 4. The van der Waals surface area contributed by atoms with Crippen molar-refractivity contribution in [1.29, 1.82) is 0 Å². The van der Waals surface area contributed by atoms with Crippen LogP contribution in [0, 0.1) is 5.92 Å². The molecule has 5 heteroatoms. The molecule has 1 fully saturated rings. The van der Waals surface area contributed by atoms with Crippen molar-refractivity contribution in [2.24, 2.45) is 5.92 Å². The van der Waals surface area contributed by atoms with Gasteiger partial charge in [0.05, 0.1) is 0 Å². The highest BCUT2D eigenvalue weighted by Gasteiger charge is 2.27. The average Bonchev–Trinajstić information content (AvgIpc) is 2.27. The van der Waals surface area contributed by atoms with E-state index in [1.54, 1.807) is 4.90 Å². The van der Waals surface area contributed by atoms with Crippen molar-refractivity contribution in [3.8, 4) is 0 Å². The number of carbonyl (C=O) groups is 2. The van der Waals surface area contributed by atoms with Crippen LogP contribution in [-0.4, -0.2) is 40.6 Å². The number of nitrogens with zero attached hydrogens (tertiary/aromatic N) is 1. The molecule has 18 heavy (non-hydrogen) atoms. The highest BCUT2D eigenvalue weighted by Crippen LogP contribution is 2.16. The normalized spacial score (nSPS) is 21.8. The van der Waals surface area contributed by atoms with Gasteiger partial charge >= 0.3 is 12.0 Å². The van der Waals surface area contributed by atoms with Crippen molar-refractivity contribution in [2.75, 3.05) is 6.54 Å². The fourth-order valence-corrected chi connectivity index (χ4v) is 2.32. The predicted octanol–water partition coefficient (Wildman–Crippen LogP) is 2.07. The molecule has 0 spiro atoms. The lowest BCUT2D eigenvalue weighted by molar-refractivity contribution is -0.139. The molecular weight excluding hydrogens is 232 g/mol. The molecular formula is C13H24N2O3. The molecule has 0 radical (unpaired) electrons. The number of aliphatic carboxylic acids is 1. The summed E-state index contributed by atoms with van der Waals surface area (Å²) in [6.45, 7) is 6.63. The largest absolute Gasteiger partial charge is 0.480 e. The number of amides is 2. The predicted molar refractivity (Wildman–Crippen MR) is 69.4 cm³/mol. The van der Waals surface area contributed by atoms with Crippen LogP contribution in [0.15, 0.2) is 0 Å². The van der Waals surface area contributed by atoms with Crippen molar-refractivity contribution in [1.82, 2.24) is 10.2 Å². The molecule has 0 aromatic rings. The second-order valence-corrected chi connectivity index (χ2v) is 5.51. The van der Waals surface area contributed by atoms with Crippen LogP contribution in [0.2, 0.25) is 0 Å². The SMILES string of the molecule is CC(C)C[C@@H](NC(=O)N1CCCCC1C)C(=O)O. The van der Waals surface area contributed by atoms with Crippen LogP contribution in [0.25, 0.3) is 0 Å². The summed E-state index contributed by atoms with van der Waals surface area (Å²) >= 11 is 0. The number of piperidine rings is 1. The van der Waals surface area contributed by atoms with Crippen LogP contribution in [0.1, 0.15) is 46.5 Å². The first-order valence-electron chi connectivity index (χ1n) is 6.71. The van der Waals surface area contributed by atoms with Crippen LogP contribution in [-0.2, 0) is 4.79 Å². The number of hydrogen-bond acceptors (Lipinski definition) is 2. The summed E-state index contributed by atoms with van der Waals surface area (Å²) in [4.78, 5) is 24.9. The molecule has 1 aliphatic heterocycles. The molecule has 0 saturated carbocycles. The molecule has 5 nitrogen and oxygen atoms in total. The Balaban J connectivity index is 2.57. The van der Waals surface area contributed by atoms with E-state index >= 15 is 0 Å². The minimum Gasteiger partial charge on any atom is -0.480 e. The number of likely N-dealkylation sites (tertiary alicyclic amines) is 1. The van der Waals surface area contributed by atoms with Gasteiger partial charge < -0.3 is 15.3 Å². The zero-order valence-corrected chi connectivity index (χ0v) is 11.5. The molecule has 1 saturated heterocycles. The molecule has 0 bridgehead atoms. The van der Waals surface area contributed by atoms with Gasteiger partial charge in [-0.15, -0.1) is 0 Å². The van der Waals surface area contributed by atoms with E-state index in [0.29, 0.717) is 6.42 Å². The monoisotopic (exact) mass is 256 g/mol. The average molecular weight is 256 g/mol. The third kappa shape index (κ3) is 4.20. The first-order chi connectivity index (χ1) is 8.41. The molecule has 1 heterocycles. The Morgan fingerprint density at radius 2 is 2.06 bits per heavy atom. The van der Waals surface area contributed by atoms with Gasteiger partial charge in [0.25, 0.3) is 0 Å². The second kappa shape index (κ2) is 6.61. The second-order valence-electron chi connectivity index (χ2n) is 5.51. The summed E-state index contributed by atoms with van der Waals surface area (Å²) in [5, 5.41) is 11.7. The lowest BCUT2D eigenvalue weighted by Crippen LogP contribution is -2.52. The molecule has 0 aliphatic carbocycles. The van der Waals surface area contributed by atoms with Gasteiger partial charge in [-0.1, -0.05) is 13.8 Å². The Labute approximate surface area is 109 Å². The molecule has 1 unspecified atom stereocenters. The zero-order chi connectivity index (χ0) is 13.7. The molecule has 1 aliphatic rings. The maximum atomic E-state index is 12.1. The third-order valence-electron chi connectivity index (χ3n) is 3.37. The van der Waals surface area contributed by atoms with Crippen molar-refractivity contribution in [3.05, 3.63) is 0 Å². The molecule has 2 atom stereocenters. The Kier molecular flexibility index (Phi) is 5.44. The van der Waals surface area contributed by atoms with E-state index in [9.17, 15) is 9.59 Å². The van der Waals surface area contributed by atoms with Crippen molar-refractivity contribution >= 4 is 12.0 Å². The summed E-state index contributed by atoms with van der Waals surface area (Å²) in [5.41, 5.74) is 0. The highest BCUT2D eigenvalue weighted by molar-refractivity contribution is 5.82. The lowest BCUT2D eigenvalue weighted by Gasteiger charge is -2.34. The standard InChI is InChI=1S/C13H24N2O3/c1-9(2)8-11(12(16)17)14-13(18)15-7-5-4-6-10(15)3/h9-11H,4-8H2,1-3H3,(H,14,18)(H,16,17)/t10?,11-/m1/s1. The molecule has 2 amide bonds. The zero-order valence-electron chi connectivity index (χ0n) is 11.5. The quantitative estimate of drug-likeness (QED) is 0.809. The van der Waals surface area contributed by atoms with E-state index in [-0.39, 0.29) is 18.0 Å². The van der Waals surface area contributed by atoms with Gasteiger partial charge in [0, 0.05) is 12.6 Å². The Hall–Kier alpha value is -1.26. The van der Waals surface area contributed by atoms with Crippen LogP contribution < -0.4 is 5.32 Å². The molecule has 0 aromatic heterocycles. The maximum Gasteiger partial charge on any atom is 0.326 e. The van der Waals surface area contributed by atoms with E-state index in [4.69, 9.17) is 5.11 Å². The van der Waals surface area contributed by atoms with Crippen molar-refractivity contribution in [2.45, 2.75) is 58.5 Å². The molecule has 1 rings (SSSR count). The number of hydrogen-bond donors (Lipinski definition) is 2. The van der Waals surface area contributed by atoms with Crippen LogP contribution in [0.5, 0.6) is 0 Å². The molecule has 104 valence electrons. The first kappa shape index (κ1) is 14.8. The van der Waals surface area contributed by atoms with Gasteiger partial charge in [0.1, 0.15) is 6.04 Å². The number of carbonyl (C=O) groups excluding carboxylic acids is 1. The smallest absolute Gasteiger partial charge is 0.326 e. The minimum absolute atomic E-state index is 0.201. The number of nitrogens with one attached hydrogen (secondary N) is 1. The summed E-state index contributed by atoms with van der Waals surface area (Å²) in [7, 11) is 0. The Morgan fingerprint density at radius 1 is 1.39 bits per heavy atom. The van der Waals surface area contributed by atoms with E-state index in [0.717, 1.165) is 25.8 Å². The maximum absolute atomic E-state index is 12.1. The van der Waals surface area contributed by atoms with Gasteiger partial charge in [-0.3, -0.25) is 0 Å². The Bertz CT molecular complexity index is 305.